The quantitative estimate of drug-likeness (QED) is 0.245. The summed E-state index contributed by atoms with van der Waals surface area (Å²) in [6, 6.07) is 0. The number of methoxy groups -OCH3 is 6. The minimum Gasteiger partial charge on any atom is -0.381 e. The highest BCUT2D eigenvalue weighted by Gasteiger charge is 2.69. The highest BCUT2D eigenvalue weighted by Crippen LogP contribution is 2.71. The van der Waals surface area contributed by atoms with Crippen LogP contribution in [0.15, 0.2) is 11.6 Å². The zero-order chi connectivity index (χ0) is 39.7. The Kier molecular flexibility index (Phi) is 12.2. The van der Waals surface area contributed by atoms with E-state index in [0.717, 1.165) is 45.1 Å². The Labute approximate surface area is 335 Å². The minimum absolute atomic E-state index is 0.0535. The zero-order valence-electron chi connectivity index (χ0n) is 35.9. The summed E-state index contributed by atoms with van der Waals surface area (Å²) in [6.07, 6.45) is 6.51. The van der Waals surface area contributed by atoms with Gasteiger partial charge in [-0.3, -0.25) is 0 Å². The van der Waals surface area contributed by atoms with E-state index in [1.54, 1.807) is 35.5 Å². The van der Waals surface area contributed by atoms with E-state index >= 15 is 0 Å². The molecule has 0 bridgehead atoms. The highest BCUT2D eigenvalue weighted by atomic mass is 16.8. The summed E-state index contributed by atoms with van der Waals surface area (Å²) in [5.74, 6) is 2.72. The van der Waals surface area contributed by atoms with Gasteiger partial charge in [0.2, 0.25) is 0 Å². The van der Waals surface area contributed by atoms with Gasteiger partial charge in [-0.05, 0) is 80.5 Å². The van der Waals surface area contributed by atoms with Gasteiger partial charge in [0.05, 0.1) is 37.6 Å². The Morgan fingerprint density at radius 2 is 1.45 bits per heavy atom. The summed E-state index contributed by atoms with van der Waals surface area (Å²) in [5, 5.41) is 0. The number of allylic oxidation sites excluding steroid dienone is 1. The van der Waals surface area contributed by atoms with Crippen LogP contribution in [0.4, 0.5) is 0 Å². The fraction of sp³-hybridized carbons (Fsp3) is 0.955. The molecule has 8 aliphatic rings. The van der Waals surface area contributed by atoms with Gasteiger partial charge in [-0.2, -0.15) is 0 Å². The van der Waals surface area contributed by atoms with E-state index in [1.807, 2.05) is 14.0 Å². The van der Waals surface area contributed by atoms with Crippen LogP contribution in [0.25, 0.3) is 0 Å². The van der Waals surface area contributed by atoms with Gasteiger partial charge in [-0.1, -0.05) is 39.3 Å². The summed E-state index contributed by atoms with van der Waals surface area (Å²) in [7, 11) is 10.1. The van der Waals surface area contributed by atoms with Crippen molar-refractivity contribution in [1.82, 2.24) is 0 Å². The lowest BCUT2D eigenvalue weighted by molar-refractivity contribution is -0.363. The Balaban J connectivity index is 1.05. The molecule has 320 valence electrons. The predicted molar refractivity (Wildman–Crippen MR) is 206 cm³/mol. The van der Waals surface area contributed by atoms with Crippen molar-refractivity contribution >= 4 is 0 Å². The molecule has 21 atom stereocenters. The zero-order valence-corrected chi connectivity index (χ0v) is 35.9. The van der Waals surface area contributed by atoms with Crippen LogP contribution >= 0.6 is 0 Å². The third-order valence-corrected chi connectivity index (χ3v) is 16.8. The highest BCUT2D eigenvalue weighted by molar-refractivity contribution is 5.29. The maximum absolute atomic E-state index is 7.35. The van der Waals surface area contributed by atoms with Crippen LogP contribution < -0.4 is 0 Å². The molecule has 7 fully saturated rings. The van der Waals surface area contributed by atoms with E-state index in [9.17, 15) is 0 Å². The minimum atomic E-state index is -0.751. The Morgan fingerprint density at radius 3 is 2.11 bits per heavy atom. The molecule has 0 aromatic heterocycles. The first-order valence-electron chi connectivity index (χ1n) is 21.7. The Bertz CT molecular complexity index is 1390. The van der Waals surface area contributed by atoms with Crippen LogP contribution in [-0.4, -0.2) is 135 Å². The average molecular weight is 793 g/mol. The summed E-state index contributed by atoms with van der Waals surface area (Å²) in [6.45, 7) is 12.9. The molecule has 12 heteroatoms. The molecule has 0 radical (unpaired) electrons. The Hall–Kier alpha value is -0.740. The van der Waals surface area contributed by atoms with Gasteiger partial charge in [-0.15, -0.1) is 0 Å². The maximum atomic E-state index is 7.35. The number of hydrogen-bond donors (Lipinski definition) is 0. The molecule has 4 aliphatic carbocycles. The van der Waals surface area contributed by atoms with Crippen molar-refractivity contribution in [2.24, 2.45) is 46.3 Å². The van der Waals surface area contributed by atoms with E-state index in [1.165, 1.54) is 18.4 Å². The third kappa shape index (κ3) is 6.62. The van der Waals surface area contributed by atoms with Gasteiger partial charge < -0.3 is 56.8 Å². The molecule has 56 heavy (non-hydrogen) atoms. The smallest absolute Gasteiger partial charge is 0.187 e. The largest absolute Gasteiger partial charge is 0.381 e. The van der Waals surface area contributed by atoms with E-state index in [4.69, 9.17) is 56.8 Å². The number of rotatable bonds is 10. The first-order chi connectivity index (χ1) is 26.9. The van der Waals surface area contributed by atoms with Crippen molar-refractivity contribution in [2.45, 2.75) is 165 Å². The van der Waals surface area contributed by atoms with Crippen molar-refractivity contribution in [3.05, 3.63) is 11.6 Å². The fourth-order valence-electron chi connectivity index (χ4n) is 13.8. The first-order valence-corrected chi connectivity index (χ1v) is 21.7. The van der Waals surface area contributed by atoms with E-state index in [2.05, 4.69) is 33.8 Å². The first kappa shape index (κ1) is 42.0. The van der Waals surface area contributed by atoms with Crippen LogP contribution in [0.2, 0.25) is 0 Å². The molecule has 0 N–H and O–H groups in total. The standard InChI is InChI=1S/C44H72O12/c1-23-14-17-44(52-21-23)24(2)34-31(56-44)20-30-28-13-12-26-18-27(45-6)19-33(43(26,5)29(28)15-16-42(30,34)4)54-41-39(50-11)37(35(47-8)25(3)53-41)55-40-38(49-10)36(48-9)32(46-7)22-51-40/h12,23-25,27-41H,13-22H2,1-11H3/t23-,24-,25+,27+,28+,29-,30-,31-,32+,33+,34-,35-,36-,37-,38+,39+,40-,41-,42-,43-,44+/m0/s1. The van der Waals surface area contributed by atoms with E-state index in [-0.39, 0.29) is 47.5 Å². The van der Waals surface area contributed by atoms with Gasteiger partial charge in [0.1, 0.15) is 36.6 Å². The lowest BCUT2D eigenvalue weighted by atomic mass is 9.46. The second-order valence-corrected chi connectivity index (χ2v) is 19.2. The molecule has 12 nitrogen and oxygen atoms in total. The average Bonchev–Trinajstić information content (AvgIpc) is 3.64. The maximum Gasteiger partial charge on any atom is 0.187 e. The summed E-state index contributed by atoms with van der Waals surface area (Å²) >= 11 is 0. The molecule has 0 aromatic rings. The molecule has 3 saturated carbocycles. The van der Waals surface area contributed by atoms with Gasteiger partial charge in [-0.25, -0.2) is 0 Å². The van der Waals surface area contributed by atoms with E-state index < -0.39 is 42.8 Å². The van der Waals surface area contributed by atoms with Crippen molar-refractivity contribution in [3.8, 4) is 0 Å². The van der Waals surface area contributed by atoms with Crippen LogP contribution in [0.1, 0.15) is 86.0 Å². The molecule has 4 heterocycles. The molecule has 0 amide bonds. The summed E-state index contributed by atoms with van der Waals surface area (Å²) in [5.41, 5.74) is 1.49. The van der Waals surface area contributed by atoms with Gasteiger partial charge in [0.25, 0.3) is 0 Å². The monoisotopic (exact) mass is 793 g/mol. The molecule has 4 aliphatic heterocycles. The summed E-state index contributed by atoms with van der Waals surface area (Å²) in [4.78, 5) is 0. The number of hydrogen-bond acceptors (Lipinski definition) is 12. The molecule has 8 rings (SSSR count). The van der Waals surface area contributed by atoms with Gasteiger partial charge >= 0.3 is 0 Å². The van der Waals surface area contributed by atoms with Crippen LogP contribution in [0.3, 0.4) is 0 Å². The van der Waals surface area contributed by atoms with Crippen molar-refractivity contribution < 1.29 is 56.8 Å². The molecule has 4 saturated heterocycles. The summed E-state index contributed by atoms with van der Waals surface area (Å²) < 4.78 is 76.7. The molecular formula is C44H72O12. The fourth-order valence-corrected chi connectivity index (χ4v) is 13.8. The number of fused-ring (bicyclic) bond motifs is 7. The SMILES string of the molecule is CO[C@@H]1CC2=CC[C@H]3[C@@H]4C[C@@H]5O[C@]6(CC[C@H](C)CO6)[C@@H](C)[C@@H]5[C@@]4(C)CC[C@@H]3[C@@]2(C)[C@H](O[C@@H]2O[C@H](C)[C@H](OC)[C@H](O[C@@H]3OC[C@@H](OC)[C@H](OC)[C@H]3OC)[C@H]2OC)C1. The molecule has 1 spiro atoms. The van der Waals surface area contributed by atoms with Crippen molar-refractivity contribution in [3.63, 3.8) is 0 Å². The second-order valence-electron chi connectivity index (χ2n) is 19.2. The normalized spacial score (nSPS) is 54.2. The molecule has 0 aromatic carbocycles. The van der Waals surface area contributed by atoms with Crippen molar-refractivity contribution in [2.75, 3.05) is 55.9 Å². The van der Waals surface area contributed by atoms with Crippen LogP contribution in [0.5, 0.6) is 0 Å². The van der Waals surface area contributed by atoms with Crippen LogP contribution in [-0.2, 0) is 56.8 Å². The van der Waals surface area contributed by atoms with Crippen LogP contribution in [0, 0.1) is 46.3 Å². The number of ether oxygens (including phenoxy) is 12. The van der Waals surface area contributed by atoms with Gasteiger partial charge in [0.15, 0.2) is 18.4 Å². The molecule has 0 unspecified atom stereocenters. The van der Waals surface area contributed by atoms with Crippen molar-refractivity contribution in [1.29, 1.82) is 0 Å². The van der Waals surface area contributed by atoms with Gasteiger partial charge in [0, 0.05) is 66.8 Å². The second kappa shape index (κ2) is 16.3. The van der Waals surface area contributed by atoms with E-state index in [0.29, 0.717) is 42.1 Å². The Morgan fingerprint density at radius 1 is 0.714 bits per heavy atom. The topological polar surface area (TPSA) is 111 Å². The third-order valence-electron chi connectivity index (χ3n) is 16.8. The lowest BCUT2D eigenvalue weighted by Crippen LogP contribution is -2.65. The molecular weight excluding hydrogens is 720 g/mol. The lowest BCUT2D eigenvalue weighted by Gasteiger charge is -2.61. The predicted octanol–water partition coefficient (Wildman–Crippen LogP) is 5.92.